The minimum atomic E-state index is -0.216. The van der Waals surface area contributed by atoms with Gasteiger partial charge >= 0.3 is 0 Å². The molecule has 22 heavy (non-hydrogen) atoms. The maximum absolute atomic E-state index is 13.1. The molecule has 4 heteroatoms. The molecule has 1 aromatic heterocycles. The molecule has 3 rings (SSSR count). The van der Waals surface area contributed by atoms with E-state index in [0.29, 0.717) is 0 Å². The standard InChI is InChI=1S/C18H17FN2S/c1-3-21-17(14-6-8-15(19)9-7-14)12-22-18(21)20-16-10-4-13(2)5-11-16/h4-12H,3H2,1-2H3. The highest BCUT2D eigenvalue weighted by molar-refractivity contribution is 7.07. The van der Waals surface area contributed by atoms with Crippen molar-refractivity contribution in [1.82, 2.24) is 4.57 Å². The van der Waals surface area contributed by atoms with E-state index in [1.807, 2.05) is 12.1 Å². The lowest BCUT2D eigenvalue weighted by atomic mass is 10.2. The summed E-state index contributed by atoms with van der Waals surface area (Å²) in [5, 5.41) is 2.07. The van der Waals surface area contributed by atoms with Gasteiger partial charge in [-0.25, -0.2) is 9.38 Å². The van der Waals surface area contributed by atoms with E-state index in [-0.39, 0.29) is 5.82 Å². The third-order valence-electron chi connectivity index (χ3n) is 3.51. The van der Waals surface area contributed by atoms with Crippen LogP contribution < -0.4 is 4.80 Å². The van der Waals surface area contributed by atoms with Gasteiger partial charge in [0.05, 0.1) is 11.4 Å². The third-order valence-corrected chi connectivity index (χ3v) is 4.38. The zero-order valence-corrected chi connectivity index (χ0v) is 13.4. The molecule has 0 aliphatic heterocycles. The minimum Gasteiger partial charge on any atom is -0.317 e. The van der Waals surface area contributed by atoms with Crippen LogP contribution in [0.15, 0.2) is 58.9 Å². The normalized spacial score (nSPS) is 11.9. The van der Waals surface area contributed by atoms with Crippen molar-refractivity contribution in [3.05, 3.63) is 70.1 Å². The average molecular weight is 312 g/mol. The van der Waals surface area contributed by atoms with Gasteiger partial charge in [0.1, 0.15) is 5.82 Å². The molecule has 0 amide bonds. The molecule has 2 nitrogen and oxygen atoms in total. The second kappa shape index (κ2) is 6.28. The van der Waals surface area contributed by atoms with E-state index < -0.39 is 0 Å². The van der Waals surface area contributed by atoms with Gasteiger partial charge in [0.25, 0.3) is 0 Å². The fourth-order valence-electron chi connectivity index (χ4n) is 2.31. The summed E-state index contributed by atoms with van der Waals surface area (Å²) in [7, 11) is 0. The molecule has 0 unspecified atom stereocenters. The van der Waals surface area contributed by atoms with E-state index in [0.717, 1.165) is 28.3 Å². The van der Waals surface area contributed by atoms with Gasteiger partial charge in [0.2, 0.25) is 0 Å². The lowest BCUT2D eigenvalue weighted by Crippen LogP contribution is -2.14. The molecule has 0 bridgehead atoms. The Hall–Kier alpha value is -2.20. The number of nitrogens with zero attached hydrogens (tertiary/aromatic N) is 2. The fraction of sp³-hybridized carbons (Fsp3) is 0.167. The SMILES string of the molecule is CCn1c(-c2ccc(F)cc2)csc1=Nc1ccc(C)cc1. The maximum Gasteiger partial charge on any atom is 0.190 e. The number of hydrogen-bond donors (Lipinski definition) is 0. The van der Waals surface area contributed by atoms with Crippen LogP contribution in [0, 0.1) is 12.7 Å². The summed E-state index contributed by atoms with van der Waals surface area (Å²) < 4.78 is 15.2. The highest BCUT2D eigenvalue weighted by atomic mass is 32.1. The van der Waals surface area contributed by atoms with Gasteiger partial charge < -0.3 is 4.57 Å². The first-order valence-electron chi connectivity index (χ1n) is 7.23. The van der Waals surface area contributed by atoms with Crippen molar-refractivity contribution in [2.45, 2.75) is 20.4 Å². The van der Waals surface area contributed by atoms with E-state index in [1.165, 1.54) is 17.7 Å². The van der Waals surface area contributed by atoms with Gasteiger partial charge in [-0.3, -0.25) is 0 Å². The van der Waals surface area contributed by atoms with Gasteiger partial charge in [-0.15, -0.1) is 11.3 Å². The van der Waals surface area contributed by atoms with Gasteiger partial charge in [-0.2, -0.15) is 0 Å². The summed E-state index contributed by atoms with van der Waals surface area (Å²) in [5.41, 5.74) is 4.24. The van der Waals surface area contributed by atoms with E-state index in [4.69, 9.17) is 4.99 Å². The van der Waals surface area contributed by atoms with Crippen LogP contribution in [0.5, 0.6) is 0 Å². The highest BCUT2D eigenvalue weighted by Gasteiger charge is 2.06. The number of thiazole rings is 1. The van der Waals surface area contributed by atoms with Crippen LogP contribution in [0.2, 0.25) is 0 Å². The molecule has 0 atom stereocenters. The quantitative estimate of drug-likeness (QED) is 0.653. The number of aryl methyl sites for hydroxylation is 1. The molecule has 0 N–H and O–H groups in total. The molecule has 0 saturated carbocycles. The lowest BCUT2D eigenvalue weighted by molar-refractivity contribution is 0.628. The number of aromatic nitrogens is 1. The summed E-state index contributed by atoms with van der Waals surface area (Å²) in [6.07, 6.45) is 0. The molecule has 0 spiro atoms. The van der Waals surface area contributed by atoms with Crippen LogP contribution >= 0.6 is 11.3 Å². The van der Waals surface area contributed by atoms with E-state index in [1.54, 1.807) is 23.5 Å². The van der Waals surface area contributed by atoms with Crippen LogP contribution in [-0.4, -0.2) is 4.57 Å². The summed E-state index contributed by atoms with van der Waals surface area (Å²) >= 11 is 1.60. The molecule has 112 valence electrons. The molecular formula is C18H17FN2S. The Morgan fingerprint density at radius 2 is 1.73 bits per heavy atom. The zero-order chi connectivity index (χ0) is 15.5. The molecule has 3 aromatic rings. The Labute approximate surface area is 133 Å². The molecule has 0 saturated heterocycles. The van der Waals surface area contributed by atoms with Crippen molar-refractivity contribution >= 4 is 17.0 Å². The molecule has 1 heterocycles. The number of hydrogen-bond acceptors (Lipinski definition) is 2. The van der Waals surface area contributed by atoms with Crippen LogP contribution in [0.3, 0.4) is 0 Å². The van der Waals surface area contributed by atoms with Gasteiger partial charge in [-0.05, 0) is 55.8 Å². The Morgan fingerprint density at radius 3 is 2.36 bits per heavy atom. The van der Waals surface area contributed by atoms with Gasteiger partial charge in [0.15, 0.2) is 4.80 Å². The second-order valence-electron chi connectivity index (χ2n) is 5.10. The lowest BCUT2D eigenvalue weighted by Gasteiger charge is -2.06. The number of benzene rings is 2. The fourth-order valence-corrected chi connectivity index (χ4v) is 3.30. The Morgan fingerprint density at radius 1 is 1.05 bits per heavy atom. The Kier molecular flexibility index (Phi) is 4.20. The molecule has 0 aliphatic rings. The predicted octanol–water partition coefficient (Wildman–Crippen LogP) is 4.92. The third kappa shape index (κ3) is 3.02. The second-order valence-corrected chi connectivity index (χ2v) is 5.94. The van der Waals surface area contributed by atoms with E-state index in [2.05, 4.69) is 35.9 Å². The maximum atomic E-state index is 13.1. The molecule has 0 fully saturated rings. The smallest absolute Gasteiger partial charge is 0.190 e. The first-order valence-corrected chi connectivity index (χ1v) is 8.11. The summed E-state index contributed by atoms with van der Waals surface area (Å²) in [6, 6.07) is 14.7. The van der Waals surface area contributed by atoms with Crippen molar-refractivity contribution in [2.75, 3.05) is 0 Å². The van der Waals surface area contributed by atoms with Crippen molar-refractivity contribution in [3.8, 4) is 11.3 Å². The Bertz CT molecular complexity index is 827. The predicted molar refractivity (Wildman–Crippen MR) is 89.8 cm³/mol. The molecule has 0 radical (unpaired) electrons. The first kappa shape index (κ1) is 14.7. The summed E-state index contributed by atoms with van der Waals surface area (Å²) in [5.74, 6) is -0.216. The first-order chi connectivity index (χ1) is 10.7. The molecular weight excluding hydrogens is 295 g/mol. The van der Waals surface area contributed by atoms with Crippen molar-refractivity contribution in [1.29, 1.82) is 0 Å². The van der Waals surface area contributed by atoms with E-state index >= 15 is 0 Å². The van der Waals surface area contributed by atoms with Gasteiger partial charge in [0, 0.05) is 11.9 Å². The minimum absolute atomic E-state index is 0.216. The van der Waals surface area contributed by atoms with Crippen molar-refractivity contribution in [3.63, 3.8) is 0 Å². The summed E-state index contributed by atoms with van der Waals surface area (Å²) in [6.45, 7) is 4.97. The monoisotopic (exact) mass is 312 g/mol. The number of rotatable bonds is 3. The summed E-state index contributed by atoms with van der Waals surface area (Å²) in [4.78, 5) is 5.67. The van der Waals surface area contributed by atoms with Crippen molar-refractivity contribution < 1.29 is 4.39 Å². The average Bonchev–Trinajstić information content (AvgIpc) is 2.93. The van der Waals surface area contributed by atoms with Gasteiger partial charge in [-0.1, -0.05) is 17.7 Å². The zero-order valence-electron chi connectivity index (χ0n) is 12.6. The molecule has 2 aromatic carbocycles. The Balaban J connectivity index is 2.07. The highest BCUT2D eigenvalue weighted by Crippen LogP contribution is 2.21. The van der Waals surface area contributed by atoms with Crippen LogP contribution in [0.25, 0.3) is 11.3 Å². The van der Waals surface area contributed by atoms with Crippen molar-refractivity contribution in [2.24, 2.45) is 4.99 Å². The van der Waals surface area contributed by atoms with Crippen LogP contribution in [-0.2, 0) is 6.54 Å². The van der Waals surface area contributed by atoms with Crippen LogP contribution in [0.4, 0.5) is 10.1 Å². The molecule has 0 aliphatic carbocycles. The topological polar surface area (TPSA) is 17.3 Å². The largest absolute Gasteiger partial charge is 0.317 e. The number of halogens is 1. The van der Waals surface area contributed by atoms with Crippen LogP contribution in [0.1, 0.15) is 12.5 Å². The van der Waals surface area contributed by atoms with E-state index in [9.17, 15) is 4.39 Å².